The zero-order valence-corrected chi connectivity index (χ0v) is 18.4. The van der Waals surface area contributed by atoms with Crippen molar-refractivity contribution in [2.24, 2.45) is 10.4 Å². The van der Waals surface area contributed by atoms with E-state index in [4.69, 9.17) is 4.99 Å². The van der Waals surface area contributed by atoms with Crippen LogP contribution in [0.15, 0.2) is 4.99 Å². The number of amides is 1. The van der Waals surface area contributed by atoms with Gasteiger partial charge in [-0.1, -0.05) is 12.8 Å². The number of thioether (sulfide) groups is 1. The quantitative estimate of drug-likeness (QED) is 0.370. The van der Waals surface area contributed by atoms with E-state index >= 15 is 0 Å². The molecule has 24 heavy (non-hydrogen) atoms. The van der Waals surface area contributed by atoms with Crippen molar-refractivity contribution in [3.8, 4) is 0 Å². The van der Waals surface area contributed by atoms with Gasteiger partial charge in [0.05, 0.1) is 12.0 Å². The van der Waals surface area contributed by atoms with E-state index in [1.165, 1.54) is 18.6 Å². The Bertz CT molecular complexity index is 419. The Hall–Kier alpha value is -0.180. The molecule has 1 saturated heterocycles. The molecule has 2 fully saturated rings. The van der Waals surface area contributed by atoms with Gasteiger partial charge in [-0.05, 0) is 38.4 Å². The average molecular weight is 468 g/mol. The second-order valence-corrected chi connectivity index (χ2v) is 8.09. The van der Waals surface area contributed by atoms with Crippen LogP contribution in [0.5, 0.6) is 0 Å². The highest BCUT2D eigenvalue weighted by molar-refractivity contribution is 14.0. The fourth-order valence-electron chi connectivity index (χ4n) is 3.56. The molecule has 140 valence electrons. The summed E-state index contributed by atoms with van der Waals surface area (Å²) in [5.74, 6) is 3.53. The van der Waals surface area contributed by atoms with Gasteiger partial charge in [0.2, 0.25) is 5.91 Å². The van der Waals surface area contributed by atoms with Crippen LogP contribution in [-0.4, -0.2) is 61.5 Å². The number of halogens is 1. The van der Waals surface area contributed by atoms with Crippen molar-refractivity contribution in [2.75, 3.05) is 38.7 Å². The summed E-state index contributed by atoms with van der Waals surface area (Å²) in [6, 6.07) is 0.496. The molecule has 2 N–H and O–H groups in total. The van der Waals surface area contributed by atoms with Gasteiger partial charge in [0, 0.05) is 32.4 Å². The average Bonchev–Trinajstić information content (AvgIpc) is 3.03. The summed E-state index contributed by atoms with van der Waals surface area (Å²) in [6.07, 6.45) is 6.68. The molecular formula is C17H33IN4OS. The number of nitrogens with one attached hydrogen (secondary N) is 2. The Morgan fingerprint density at radius 2 is 2.00 bits per heavy atom. The van der Waals surface area contributed by atoms with Crippen molar-refractivity contribution in [3.63, 3.8) is 0 Å². The van der Waals surface area contributed by atoms with Gasteiger partial charge in [0.1, 0.15) is 0 Å². The fourth-order valence-corrected chi connectivity index (χ4v) is 4.64. The summed E-state index contributed by atoms with van der Waals surface area (Å²) in [6.45, 7) is 3.53. The third-order valence-corrected chi connectivity index (χ3v) is 6.02. The lowest BCUT2D eigenvalue weighted by Crippen LogP contribution is -2.47. The van der Waals surface area contributed by atoms with E-state index in [0.29, 0.717) is 12.6 Å². The minimum absolute atomic E-state index is 0. The Kier molecular flexibility index (Phi) is 9.77. The summed E-state index contributed by atoms with van der Waals surface area (Å²) < 4.78 is 0. The molecule has 1 heterocycles. The standard InChI is InChI=1S/C17H32N4OS.HI/c1-4-18-16(20-14-8-7-11-23-12-14)19-13-17(9-5-6-10-17)15(22)21(2)3;/h14H,4-13H2,1-3H3,(H2,18,19,20);1H. The van der Waals surface area contributed by atoms with Gasteiger partial charge in [0.15, 0.2) is 5.96 Å². The van der Waals surface area contributed by atoms with Gasteiger partial charge in [0.25, 0.3) is 0 Å². The van der Waals surface area contributed by atoms with Gasteiger partial charge in [-0.3, -0.25) is 9.79 Å². The van der Waals surface area contributed by atoms with E-state index in [-0.39, 0.29) is 35.3 Å². The van der Waals surface area contributed by atoms with Crippen LogP contribution < -0.4 is 10.6 Å². The molecule has 7 heteroatoms. The van der Waals surface area contributed by atoms with Crippen LogP contribution in [0.3, 0.4) is 0 Å². The fraction of sp³-hybridized carbons (Fsp3) is 0.882. The van der Waals surface area contributed by atoms with Crippen molar-refractivity contribution in [2.45, 2.75) is 51.5 Å². The SMILES string of the molecule is CCNC(=NCC1(C(=O)N(C)C)CCCC1)NC1CCCSC1.I. The molecule has 1 atom stereocenters. The lowest BCUT2D eigenvalue weighted by molar-refractivity contribution is -0.138. The summed E-state index contributed by atoms with van der Waals surface area (Å²) in [7, 11) is 3.71. The Balaban J connectivity index is 0.00000288. The number of nitrogens with zero attached hydrogens (tertiary/aromatic N) is 2. The zero-order chi connectivity index (χ0) is 16.7. The second kappa shape index (κ2) is 10.7. The highest BCUT2D eigenvalue weighted by atomic mass is 127. The first-order chi connectivity index (χ1) is 11.1. The van der Waals surface area contributed by atoms with Crippen LogP contribution in [0.2, 0.25) is 0 Å². The Labute approximate surface area is 168 Å². The van der Waals surface area contributed by atoms with Crippen LogP contribution in [0, 0.1) is 5.41 Å². The second-order valence-electron chi connectivity index (χ2n) is 6.94. The first kappa shape index (κ1) is 21.9. The van der Waals surface area contributed by atoms with Crippen molar-refractivity contribution < 1.29 is 4.79 Å². The largest absolute Gasteiger partial charge is 0.357 e. The molecule has 1 aliphatic heterocycles. The van der Waals surface area contributed by atoms with Gasteiger partial charge < -0.3 is 15.5 Å². The summed E-state index contributed by atoms with van der Waals surface area (Å²) >= 11 is 2.01. The number of hydrogen-bond donors (Lipinski definition) is 2. The molecule has 0 radical (unpaired) electrons. The van der Waals surface area contributed by atoms with E-state index in [9.17, 15) is 4.79 Å². The monoisotopic (exact) mass is 468 g/mol. The molecule has 5 nitrogen and oxygen atoms in total. The van der Waals surface area contributed by atoms with Gasteiger partial charge in [-0.2, -0.15) is 11.8 Å². The highest BCUT2D eigenvalue weighted by Gasteiger charge is 2.42. The lowest BCUT2D eigenvalue weighted by atomic mass is 9.85. The molecule has 2 aliphatic rings. The number of rotatable bonds is 5. The lowest BCUT2D eigenvalue weighted by Gasteiger charge is -2.30. The molecule has 0 bridgehead atoms. The third kappa shape index (κ3) is 5.97. The minimum Gasteiger partial charge on any atom is -0.357 e. The van der Waals surface area contributed by atoms with Crippen LogP contribution >= 0.6 is 35.7 Å². The number of aliphatic imine (C=N–C) groups is 1. The Morgan fingerprint density at radius 1 is 1.29 bits per heavy atom. The molecule has 0 aromatic carbocycles. The number of hydrogen-bond acceptors (Lipinski definition) is 3. The van der Waals surface area contributed by atoms with E-state index < -0.39 is 0 Å². The van der Waals surface area contributed by atoms with Crippen molar-refractivity contribution >= 4 is 47.6 Å². The Morgan fingerprint density at radius 3 is 2.54 bits per heavy atom. The molecule has 0 aromatic heterocycles. The van der Waals surface area contributed by atoms with E-state index in [0.717, 1.165) is 43.9 Å². The van der Waals surface area contributed by atoms with E-state index in [1.54, 1.807) is 4.90 Å². The van der Waals surface area contributed by atoms with Gasteiger partial charge in [-0.25, -0.2) is 0 Å². The molecule has 1 aliphatic carbocycles. The predicted molar refractivity (Wildman–Crippen MR) is 114 cm³/mol. The van der Waals surface area contributed by atoms with Crippen LogP contribution in [0.25, 0.3) is 0 Å². The normalized spacial score (nSPS) is 23.3. The maximum Gasteiger partial charge on any atom is 0.230 e. The summed E-state index contributed by atoms with van der Waals surface area (Å²) in [5.41, 5.74) is -0.285. The molecule has 0 spiro atoms. The minimum atomic E-state index is -0.285. The first-order valence-electron chi connectivity index (χ1n) is 8.92. The van der Waals surface area contributed by atoms with E-state index in [1.807, 2.05) is 25.9 Å². The summed E-state index contributed by atoms with van der Waals surface area (Å²) in [4.78, 5) is 19.2. The first-order valence-corrected chi connectivity index (χ1v) is 10.1. The highest BCUT2D eigenvalue weighted by Crippen LogP contribution is 2.39. The van der Waals surface area contributed by atoms with Crippen molar-refractivity contribution in [1.29, 1.82) is 0 Å². The van der Waals surface area contributed by atoms with E-state index in [2.05, 4.69) is 17.6 Å². The van der Waals surface area contributed by atoms with Gasteiger partial charge >= 0.3 is 0 Å². The molecule has 0 aromatic rings. The zero-order valence-electron chi connectivity index (χ0n) is 15.3. The topological polar surface area (TPSA) is 56.7 Å². The molecular weight excluding hydrogens is 435 g/mol. The smallest absolute Gasteiger partial charge is 0.230 e. The molecule has 2 rings (SSSR count). The van der Waals surface area contributed by atoms with Crippen LogP contribution in [-0.2, 0) is 4.79 Å². The van der Waals surface area contributed by atoms with Crippen LogP contribution in [0.1, 0.15) is 45.4 Å². The maximum absolute atomic E-state index is 12.6. The van der Waals surface area contributed by atoms with Crippen LogP contribution in [0.4, 0.5) is 0 Å². The van der Waals surface area contributed by atoms with Gasteiger partial charge in [-0.15, -0.1) is 24.0 Å². The predicted octanol–water partition coefficient (Wildman–Crippen LogP) is 2.70. The maximum atomic E-state index is 12.6. The van der Waals surface area contributed by atoms with Crippen molar-refractivity contribution in [1.82, 2.24) is 15.5 Å². The third-order valence-electron chi connectivity index (χ3n) is 4.81. The molecule has 1 saturated carbocycles. The molecule has 1 unspecified atom stereocenters. The summed E-state index contributed by atoms with van der Waals surface area (Å²) in [5, 5.41) is 6.90. The number of guanidine groups is 1. The molecule has 1 amide bonds. The number of carbonyl (C=O) groups excluding carboxylic acids is 1. The number of carbonyl (C=O) groups is 1. The van der Waals surface area contributed by atoms with Crippen molar-refractivity contribution in [3.05, 3.63) is 0 Å².